The van der Waals surface area contributed by atoms with Gasteiger partial charge in [0.15, 0.2) is 0 Å². The number of ether oxygens (including phenoxy) is 1. The van der Waals surface area contributed by atoms with E-state index in [0.29, 0.717) is 12.1 Å². The highest BCUT2D eigenvalue weighted by Crippen LogP contribution is 2.32. The molecule has 190 valence electrons. The maximum atomic E-state index is 13.0. The van der Waals surface area contributed by atoms with Gasteiger partial charge in [0.05, 0.1) is 23.0 Å². The number of aryl methyl sites for hydroxylation is 2. The molecule has 0 aliphatic carbocycles. The van der Waals surface area contributed by atoms with Gasteiger partial charge in [-0.3, -0.25) is 4.79 Å². The predicted octanol–water partition coefficient (Wildman–Crippen LogP) is 6.81. The molecule has 0 saturated carbocycles. The molecule has 0 saturated heterocycles. The van der Waals surface area contributed by atoms with Crippen LogP contribution in [-0.2, 0) is 13.0 Å². The average Bonchev–Trinajstić information content (AvgIpc) is 3.32. The van der Waals surface area contributed by atoms with E-state index in [0.717, 1.165) is 51.5 Å². The van der Waals surface area contributed by atoms with E-state index in [9.17, 15) is 4.79 Å². The van der Waals surface area contributed by atoms with Crippen molar-refractivity contribution in [2.45, 2.75) is 26.8 Å². The lowest BCUT2D eigenvalue weighted by molar-refractivity contribution is 0.0950. The molecule has 0 aliphatic heterocycles. The number of nitriles is 1. The van der Waals surface area contributed by atoms with Crippen molar-refractivity contribution in [3.63, 3.8) is 0 Å². The van der Waals surface area contributed by atoms with Crippen molar-refractivity contribution >= 4 is 22.8 Å². The summed E-state index contributed by atoms with van der Waals surface area (Å²) < 4.78 is 7.69. The van der Waals surface area contributed by atoms with Crippen LogP contribution in [0.15, 0.2) is 97.3 Å². The lowest BCUT2D eigenvalue weighted by Gasteiger charge is -2.14. The van der Waals surface area contributed by atoms with E-state index >= 15 is 0 Å². The molecule has 0 radical (unpaired) electrons. The van der Waals surface area contributed by atoms with E-state index in [1.54, 1.807) is 10.7 Å². The first kappa shape index (κ1) is 26.0. The zero-order valence-corrected chi connectivity index (χ0v) is 21.4. The lowest BCUT2D eigenvalue weighted by Crippen LogP contribution is -2.22. The molecule has 0 aliphatic rings. The zero-order valence-electron chi connectivity index (χ0n) is 21.4. The highest BCUT2D eigenvalue weighted by atomic mass is 16.5. The minimum absolute atomic E-state index is 0.117. The Labute approximate surface area is 222 Å². The van der Waals surface area contributed by atoms with Crippen LogP contribution in [0.1, 0.15) is 34.0 Å². The fraction of sp³-hybridized carbons (Fsp3) is 0.129. The number of aromatic nitrogens is 2. The number of para-hydroxylation sites is 1. The second-order valence-corrected chi connectivity index (χ2v) is 8.59. The van der Waals surface area contributed by atoms with Crippen molar-refractivity contribution in [1.29, 1.82) is 5.26 Å². The average molecular weight is 504 g/mol. The van der Waals surface area contributed by atoms with Crippen molar-refractivity contribution in [2.24, 2.45) is 0 Å². The lowest BCUT2D eigenvalue weighted by atomic mass is 10.1. The maximum absolute atomic E-state index is 13.0. The van der Waals surface area contributed by atoms with Gasteiger partial charge in [0.25, 0.3) is 5.91 Å². The van der Waals surface area contributed by atoms with Gasteiger partial charge in [0, 0.05) is 25.0 Å². The van der Waals surface area contributed by atoms with Crippen molar-refractivity contribution in [1.82, 2.24) is 14.9 Å². The van der Waals surface area contributed by atoms with Gasteiger partial charge < -0.3 is 15.4 Å². The molecule has 5 rings (SSSR count). The number of carbonyl (C=O) groups is 1. The van der Waals surface area contributed by atoms with Gasteiger partial charge >= 0.3 is 0 Å². The van der Waals surface area contributed by atoms with Crippen LogP contribution >= 0.6 is 0 Å². The summed E-state index contributed by atoms with van der Waals surface area (Å²) in [6, 6.07) is 27.4. The Balaban J connectivity index is 0.00000164. The third-order valence-electron chi connectivity index (χ3n) is 6.16. The minimum atomic E-state index is -0.117. The van der Waals surface area contributed by atoms with Crippen LogP contribution in [0.5, 0.6) is 11.5 Å². The number of hydrogen-bond acceptors (Lipinski definition) is 5. The van der Waals surface area contributed by atoms with Gasteiger partial charge in [-0.15, -0.1) is 0 Å². The number of benzene rings is 3. The molecule has 0 spiro atoms. The third kappa shape index (κ3) is 5.82. The van der Waals surface area contributed by atoms with E-state index in [1.807, 2.05) is 98.0 Å². The Bertz CT molecular complexity index is 1530. The normalized spacial score (nSPS) is 10.3. The topological polar surface area (TPSA) is 91.5 Å². The molecule has 2 heterocycles. The van der Waals surface area contributed by atoms with Crippen molar-refractivity contribution < 1.29 is 9.53 Å². The van der Waals surface area contributed by atoms with E-state index in [4.69, 9.17) is 10.00 Å². The van der Waals surface area contributed by atoms with Crippen LogP contribution in [-0.4, -0.2) is 15.5 Å². The van der Waals surface area contributed by atoms with Gasteiger partial charge in [-0.2, -0.15) is 5.10 Å². The highest BCUT2D eigenvalue weighted by molar-refractivity contribution is 5.99. The Morgan fingerprint density at radius 2 is 1.58 bits per heavy atom. The van der Waals surface area contributed by atoms with Crippen molar-refractivity contribution in [2.75, 3.05) is 5.32 Å². The summed E-state index contributed by atoms with van der Waals surface area (Å²) in [6.07, 6.45) is 4.46. The van der Waals surface area contributed by atoms with Crippen LogP contribution in [0.4, 0.5) is 11.4 Å². The summed E-state index contributed by atoms with van der Waals surface area (Å²) in [6.45, 7) is 8.04. The molecule has 38 heavy (non-hydrogen) atoms. The first-order valence-electron chi connectivity index (χ1n) is 12.3. The van der Waals surface area contributed by atoms with Crippen molar-refractivity contribution in [3.05, 3.63) is 120 Å². The SMILES string of the molecule is C#N.CCc1cnn2cc(C(=O)NCc3ccccc3)c(C)c2c1Nc1ccc(Oc2ccccc2)cc1. The quantitative estimate of drug-likeness (QED) is 0.243. The molecule has 7 nitrogen and oxygen atoms in total. The van der Waals surface area contributed by atoms with Crippen LogP contribution < -0.4 is 15.4 Å². The fourth-order valence-corrected chi connectivity index (χ4v) is 4.21. The van der Waals surface area contributed by atoms with Gasteiger partial charge in [-0.05, 0) is 66.4 Å². The number of anilines is 2. The molecule has 0 fully saturated rings. The summed E-state index contributed by atoms with van der Waals surface area (Å²) in [7, 11) is 0. The summed E-state index contributed by atoms with van der Waals surface area (Å²) in [4.78, 5) is 13.0. The van der Waals surface area contributed by atoms with Gasteiger partial charge in [0.2, 0.25) is 0 Å². The largest absolute Gasteiger partial charge is 0.457 e. The van der Waals surface area contributed by atoms with Crippen LogP contribution in [0, 0.1) is 18.8 Å². The standard InChI is InChI=1S/C30H28N4O2.CHN/c1-3-23-19-32-34-20-27(30(35)31-18-22-10-6-4-7-11-22)21(2)29(34)28(23)33-24-14-16-26(17-15-24)36-25-12-8-5-9-13-25;1-2/h4-17,19-20,33H,3,18H2,1-2H3,(H,31,35);1H. The maximum Gasteiger partial charge on any atom is 0.253 e. The van der Waals surface area contributed by atoms with Crippen LogP contribution in [0.3, 0.4) is 0 Å². The molecule has 5 aromatic rings. The van der Waals surface area contributed by atoms with E-state index in [-0.39, 0.29) is 5.91 Å². The van der Waals surface area contributed by atoms with Crippen LogP contribution in [0.2, 0.25) is 0 Å². The van der Waals surface area contributed by atoms with E-state index in [1.165, 1.54) is 0 Å². The summed E-state index contributed by atoms with van der Waals surface area (Å²) in [5.74, 6) is 1.44. The molecule has 2 aromatic heterocycles. The molecule has 2 N–H and O–H groups in total. The molecule has 0 bridgehead atoms. The number of fused-ring (bicyclic) bond motifs is 1. The smallest absolute Gasteiger partial charge is 0.253 e. The van der Waals surface area contributed by atoms with Gasteiger partial charge in [-0.25, -0.2) is 9.78 Å². The van der Waals surface area contributed by atoms with Gasteiger partial charge in [0.1, 0.15) is 11.5 Å². The molecule has 0 unspecified atom stereocenters. The second-order valence-electron chi connectivity index (χ2n) is 8.59. The Kier molecular flexibility index (Phi) is 8.37. The number of rotatable bonds is 8. The summed E-state index contributed by atoms with van der Waals surface area (Å²) in [5, 5.41) is 17.7. The van der Waals surface area contributed by atoms with Gasteiger partial charge in [-0.1, -0.05) is 55.5 Å². The fourth-order valence-electron chi connectivity index (χ4n) is 4.21. The number of nitrogens with zero attached hydrogens (tertiary/aromatic N) is 3. The van der Waals surface area contributed by atoms with E-state index < -0.39 is 0 Å². The zero-order chi connectivity index (χ0) is 26.9. The number of nitrogens with one attached hydrogen (secondary N) is 2. The molecule has 1 amide bonds. The number of amides is 1. The van der Waals surface area contributed by atoms with Crippen LogP contribution in [0.25, 0.3) is 5.52 Å². The molecule has 7 heteroatoms. The third-order valence-corrected chi connectivity index (χ3v) is 6.16. The highest BCUT2D eigenvalue weighted by Gasteiger charge is 2.19. The number of hydrogen-bond donors (Lipinski definition) is 2. The predicted molar refractivity (Wildman–Crippen MR) is 150 cm³/mol. The summed E-state index contributed by atoms with van der Waals surface area (Å²) >= 11 is 0. The molecule has 0 atom stereocenters. The Morgan fingerprint density at radius 1 is 0.947 bits per heavy atom. The molecular formula is C31H29N5O2. The molecular weight excluding hydrogens is 474 g/mol. The second kappa shape index (κ2) is 12.2. The molecule has 3 aromatic carbocycles. The monoisotopic (exact) mass is 503 g/mol. The van der Waals surface area contributed by atoms with Crippen molar-refractivity contribution in [3.8, 4) is 18.1 Å². The number of carbonyl (C=O) groups excluding carboxylic acids is 1. The Hall–Kier alpha value is -5.09. The summed E-state index contributed by atoms with van der Waals surface area (Å²) in [5.41, 5.74) is 6.39. The first-order valence-corrected chi connectivity index (χ1v) is 12.3. The van der Waals surface area contributed by atoms with E-state index in [2.05, 4.69) is 29.2 Å². The Morgan fingerprint density at radius 3 is 2.24 bits per heavy atom. The minimum Gasteiger partial charge on any atom is -0.457 e. The first-order chi connectivity index (χ1) is 18.6.